The lowest BCUT2D eigenvalue weighted by molar-refractivity contribution is -0.137. The molecule has 3 aliphatic heterocycles. The van der Waals surface area contributed by atoms with E-state index in [1.807, 2.05) is 4.90 Å². The highest BCUT2D eigenvalue weighted by Gasteiger charge is 2.72. The highest BCUT2D eigenvalue weighted by atomic mass is 16.6. The summed E-state index contributed by atoms with van der Waals surface area (Å²) < 4.78 is 11.0. The molecule has 0 aromatic carbocycles. The van der Waals surface area contributed by atoms with Gasteiger partial charge in [-0.2, -0.15) is 0 Å². The van der Waals surface area contributed by atoms with Crippen molar-refractivity contribution in [3.63, 3.8) is 0 Å². The summed E-state index contributed by atoms with van der Waals surface area (Å²) in [5.41, 5.74) is 10.9. The Bertz CT molecular complexity index is 1030. The number of nitrogens with one attached hydrogen (secondary N) is 1. The third-order valence-electron chi connectivity index (χ3n) is 6.16. The number of nitrogen functional groups attached to an aromatic ring is 1. The van der Waals surface area contributed by atoms with Crippen LogP contribution in [0.4, 0.5) is 16.3 Å². The normalized spacial score (nSPS) is 32.9. The summed E-state index contributed by atoms with van der Waals surface area (Å²) in [5, 5.41) is 3.31. The summed E-state index contributed by atoms with van der Waals surface area (Å²) in [6.45, 7) is 0.344. The molecular formula is C19H20N6O5. The van der Waals surface area contributed by atoms with Crippen LogP contribution in [0, 0.1) is 5.92 Å². The van der Waals surface area contributed by atoms with Crippen LogP contribution in [-0.2, 0) is 19.1 Å². The number of nitrogens with two attached hydrogens (primary N) is 2. The van der Waals surface area contributed by atoms with Crippen LogP contribution >= 0.6 is 0 Å². The number of nitrogens with zero attached hydrogens (tertiary/aromatic N) is 3. The number of hydrogen-bond donors (Lipinski definition) is 3. The lowest BCUT2D eigenvalue weighted by Crippen LogP contribution is -2.55. The highest BCUT2D eigenvalue weighted by molar-refractivity contribution is 6.52. The number of primary amides is 1. The summed E-state index contributed by atoms with van der Waals surface area (Å²) >= 11 is 0. The van der Waals surface area contributed by atoms with E-state index in [0.717, 1.165) is 0 Å². The van der Waals surface area contributed by atoms with Crippen LogP contribution in [0.15, 0.2) is 34.6 Å². The van der Waals surface area contributed by atoms with E-state index in [4.69, 9.17) is 20.9 Å². The van der Waals surface area contributed by atoms with E-state index in [1.165, 1.54) is 13.3 Å². The molecule has 0 radical (unpaired) electrons. The molecule has 156 valence electrons. The van der Waals surface area contributed by atoms with Gasteiger partial charge >= 0.3 is 6.09 Å². The first-order chi connectivity index (χ1) is 14.4. The Balaban J connectivity index is 1.58. The van der Waals surface area contributed by atoms with Gasteiger partial charge < -0.3 is 31.2 Å². The zero-order chi connectivity index (χ0) is 21.2. The van der Waals surface area contributed by atoms with Crippen LogP contribution in [0.25, 0.3) is 0 Å². The van der Waals surface area contributed by atoms with Crippen molar-refractivity contribution in [3.05, 3.63) is 29.6 Å². The monoisotopic (exact) mass is 412 g/mol. The predicted octanol–water partition coefficient (Wildman–Crippen LogP) is -0.744. The van der Waals surface area contributed by atoms with Gasteiger partial charge in [0.05, 0.1) is 41.7 Å². The minimum absolute atomic E-state index is 0.0862. The Labute approximate surface area is 171 Å². The predicted molar refractivity (Wildman–Crippen MR) is 104 cm³/mol. The fourth-order valence-corrected chi connectivity index (χ4v) is 4.93. The van der Waals surface area contributed by atoms with Crippen LogP contribution in [0.5, 0.6) is 0 Å². The number of piperazine rings is 1. The number of amides is 1. The van der Waals surface area contributed by atoms with E-state index in [2.05, 4.69) is 15.3 Å². The number of allylic oxidation sites excluding steroid dienone is 1. The van der Waals surface area contributed by atoms with Crippen molar-refractivity contribution in [2.24, 2.45) is 16.6 Å². The molecule has 1 aliphatic carbocycles. The second kappa shape index (κ2) is 6.34. The van der Waals surface area contributed by atoms with Gasteiger partial charge in [0.1, 0.15) is 12.4 Å². The molecule has 0 bridgehead atoms. The number of ketones is 2. The molecule has 4 atom stereocenters. The fourth-order valence-electron chi connectivity index (χ4n) is 4.93. The first kappa shape index (κ1) is 18.7. The SMILES string of the molecule is COC12C(COC(N)=O)C3=C(C(=O)CC(=Nc4ccc(N)nc4)C3=O)N1CC1NC12. The number of hydrogen-bond acceptors (Lipinski definition) is 10. The van der Waals surface area contributed by atoms with Crippen molar-refractivity contribution in [1.29, 1.82) is 0 Å². The van der Waals surface area contributed by atoms with Crippen LogP contribution in [0.1, 0.15) is 6.42 Å². The lowest BCUT2D eigenvalue weighted by atomic mass is 9.82. The number of Topliss-reactive ketones (excluding diaryl/α,β-unsaturated/α-hetero) is 2. The number of carbonyl (C=O) groups excluding carboxylic acids is 3. The summed E-state index contributed by atoms with van der Waals surface area (Å²) in [6, 6.07) is 3.24. The van der Waals surface area contributed by atoms with E-state index in [1.54, 1.807) is 12.1 Å². The number of pyridine rings is 1. The molecule has 0 saturated carbocycles. The largest absolute Gasteiger partial charge is 0.449 e. The van der Waals surface area contributed by atoms with Crippen molar-refractivity contribution in [1.82, 2.24) is 15.2 Å². The molecule has 4 aliphatic rings. The Morgan fingerprint density at radius 3 is 2.90 bits per heavy atom. The quantitative estimate of drug-likeness (QED) is 0.538. The standard InChI is InChI=1S/C19H20N6O5/c1-29-19-9(7-30-18(21)28)14-15(25(19)6-11-17(19)24-11)12(26)4-10(16(14)27)23-8-2-3-13(20)22-5-8/h2-3,5,9,11,17,24H,4,6-7H2,1H3,(H2,20,22)(H2,21,28). The Kier molecular flexibility index (Phi) is 3.95. The van der Waals surface area contributed by atoms with E-state index < -0.39 is 17.7 Å². The molecule has 5 N–H and O–H groups in total. The average Bonchev–Trinajstić information content (AvgIpc) is 3.32. The molecule has 1 amide bonds. The molecule has 5 rings (SSSR count). The molecular weight excluding hydrogens is 392 g/mol. The maximum absolute atomic E-state index is 13.4. The molecule has 2 saturated heterocycles. The Morgan fingerprint density at radius 1 is 1.43 bits per heavy atom. The number of anilines is 1. The van der Waals surface area contributed by atoms with Gasteiger partial charge in [-0.15, -0.1) is 0 Å². The first-order valence-corrected chi connectivity index (χ1v) is 9.49. The fraction of sp³-hybridized carbons (Fsp3) is 0.421. The summed E-state index contributed by atoms with van der Waals surface area (Å²) in [7, 11) is 1.52. The zero-order valence-corrected chi connectivity index (χ0v) is 16.1. The maximum Gasteiger partial charge on any atom is 0.404 e. The van der Waals surface area contributed by atoms with E-state index >= 15 is 0 Å². The summed E-state index contributed by atoms with van der Waals surface area (Å²) in [5.74, 6) is -0.955. The van der Waals surface area contributed by atoms with Gasteiger partial charge in [0.2, 0.25) is 5.78 Å². The number of ether oxygens (including phenoxy) is 2. The van der Waals surface area contributed by atoms with Crippen molar-refractivity contribution < 1.29 is 23.9 Å². The van der Waals surface area contributed by atoms with Crippen LogP contribution in [0.2, 0.25) is 0 Å². The van der Waals surface area contributed by atoms with Gasteiger partial charge in [0, 0.05) is 25.3 Å². The van der Waals surface area contributed by atoms with E-state index in [9.17, 15) is 14.4 Å². The molecule has 11 nitrogen and oxygen atoms in total. The second-order valence-corrected chi connectivity index (χ2v) is 7.69. The van der Waals surface area contributed by atoms with Crippen molar-refractivity contribution >= 4 is 34.9 Å². The van der Waals surface area contributed by atoms with E-state index in [-0.39, 0.29) is 48.0 Å². The van der Waals surface area contributed by atoms with Crippen molar-refractivity contribution in [2.45, 2.75) is 24.2 Å². The van der Waals surface area contributed by atoms with Crippen molar-refractivity contribution in [3.8, 4) is 0 Å². The summed E-state index contributed by atoms with van der Waals surface area (Å²) in [6.07, 6.45) is 0.335. The minimum atomic E-state index is -0.992. The molecule has 0 spiro atoms. The van der Waals surface area contributed by atoms with Crippen LogP contribution in [-0.4, -0.2) is 71.3 Å². The number of methoxy groups -OCH3 is 1. The van der Waals surface area contributed by atoms with Gasteiger partial charge in [-0.05, 0) is 12.1 Å². The molecule has 2 fully saturated rings. The number of rotatable bonds is 4. The topological polar surface area (TPSA) is 172 Å². The minimum Gasteiger partial charge on any atom is -0.449 e. The zero-order valence-electron chi connectivity index (χ0n) is 16.1. The molecule has 4 heterocycles. The smallest absolute Gasteiger partial charge is 0.404 e. The van der Waals surface area contributed by atoms with Crippen molar-refractivity contribution in [2.75, 3.05) is 26.0 Å². The highest BCUT2D eigenvalue weighted by Crippen LogP contribution is 2.55. The maximum atomic E-state index is 13.4. The Morgan fingerprint density at radius 2 is 2.23 bits per heavy atom. The number of fused-ring (bicyclic) bond motifs is 4. The summed E-state index contributed by atoms with van der Waals surface area (Å²) in [4.78, 5) is 48.0. The van der Waals surface area contributed by atoms with Gasteiger partial charge in [-0.3, -0.25) is 9.59 Å². The first-order valence-electron chi connectivity index (χ1n) is 9.49. The molecule has 1 aromatic rings. The van der Waals surface area contributed by atoms with Gasteiger partial charge in [-0.25, -0.2) is 14.8 Å². The van der Waals surface area contributed by atoms with Gasteiger partial charge in [0.15, 0.2) is 11.5 Å². The average molecular weight is 412 g/mol. The number of aliphatic imine (C=N–C) groups is 1. The van der Waals surface area contributed by atoms with Crippen LogP contribution in [0.3, 0.4) is 0 Å². The molecule has 1 aromatic heterocycles. The van der Waals surface area contributed by atoms with Gasteiger partial charge in [-0.1, -0.05) is 0 Å². The van der Waals surface area contributed by atoms with E-state index in [0.29, 0.717) is 23.7 Å². The second-order valence-electron chi connectivity index (χ2n) is 7.69. The van der Waals surface area contributed by atoms with Crippen LogP contribution < -0.4 is 16.8 Å². The third kappa shape index (κ3) is 2.48. The van der Waals surface area contributed by atoms with Gasteiger partial charge in [0.25, 0.3) is 0 Å². The third-order valence-corrected chi connectivity index (χ3v) is 6.16. The number of aromatic nitrogens is 1. The lowest BCUT2D eigenvalue weighted by Gasteiger charge is -2.39. The number of carbonyl (C=O) groups is 3. The Hall–Kier alpha value is -3.31. The molecule has 11 heteroatoms. The molecule has 4 unspecified atom stereocenters. The molecule has 30 heavy (non-hydrogen) atoms.